The maximum atomic E-state index is 11.3. The summed E-state index contributed by atoms with van der Waals surface area (Å²) < 4.78 is 31.8. The van der Waals surface area contributed by atoms with Gasteiger partial charge in [0.05, 0.1) is 4.90 Å². The van der Waals surface area contributed by atoms with Crippen LogP contribution in [0.2, 0.25) is 0 Å². The Bertz CT molecular complexity index is 1080. The molecule has 1 aromatic rings. The van der Waals surface area contributed by atoms with E-state index in [9.17, 15) is 13.0 Å². The van der Waals surface area contributed by atoms with E-state index in [1.165, 1.54) is 308 Å². The van der Waals surface area contributed by atoms with Gasteiger partial charge in [-0.3, -0.25) is 4.55 Å². The Balaban J connectivity index is 1.63. The maximum Gasteiger partial charge on any atom is 0.294 e. The van der Waals surface area contributed by atoms with Gasteiger partial charge in [-0.2, -0.15) is 8.42 Å². The van der Waals surface area contributed by atoms with Gasteiger partial charge in [-0.1, -0.05) is 321 Å². The molecule has 1 rings (SSSR count). The SMILES string of the molecule is CCCCCCCCCCCCCCCCCCCCCCCCCCCCCCCCCCCCCCCCCCCCCCCCCCc1cccc(S(=O)(=O)O)c1. The molecule has 0 bridgehead atoms. The lowest BCUT2D eigenvalue weighted by Crippen LogP contribution is -1.98. The molecule has 0 aromatic heterocycles. The second-order valence-corrected chi connectivity index (χ2v) is 20.9. The van der Waals surface area contributed by atoms with Crippen LogP contribution in [-0.2, 0) is 16.5 Å². The van der Waals surface area contributed by atoms with Crippen LogP contribution in [0.3, 0.4) is 0 Å². The normalized spacial score (nSPS) is 11.9. The first-order valence-corrected chi connectivity index (χ1v) is 29.0. The summed E-state index contributed by atoms with van der Waals surface area (Å²) in [6, 6.07) is 6.71. The second-order valence-electron chi connectivity index (χ2n) is 19.5. The van der Waals surface area contributed by atoms with Crippen LogP contribution in [0, 0.1) is 0 Å². The second kappa shape index (κ2) is 46.1. The zero-order chi connectivity index (χ0) is 43.1. The molecule has 0 amide bonds. The Labute approximate surface area is 377 Å². The Morgan fingerprint density at radius 1 is 0.317 bits per heavy atom. The Kier molecular flexibility index (Phi) is 43.9. The summed E-state index contributed by atoms with van der Waals surface area (Å²) in [5.41, 5.74) is 0.993. The van der Waals surface area contributed by atoms with Crippen LogP contribution >= 0.6 is 0 Å². The molecule has 0 saturated heterocycles. The van der Waals surface area contributed by atoms with E-state index in [0.29, 0.717) is 0 Å². The number of rotatable bonds is 50. The van der Waals surface area contributed by atoms with E-state index in [-0.39, 0.29) is 4.90 Å². The van der Waals surface area contributed by atoms with E-state index in [1.807, 2.05) is 6.07 Å². The van der Waals surface area contributed by atoms with Crippen LogP contribution in [0.1, 0.15) is 321 Å². The van der Waals surface area contributed by atoms with Crippen LogP contribution < -0.4 is 0 Å². The topological polar surface area (TPSA) is 54.4 Å². The molecule has 0 radical (unpaired) electrons. The lowest BCUT2D eigenvalue weighted by molar-refractivity contribution is 0.483. The first kappa shape index (κ1) is 57.1. The highest BCUT2D eigenvalue weighted by Gasteiger charge is 2.09. The van der Waals surface area contributed by atoms with Gasteiger partial charge in [-0.25, -0.2) is 0 Å². The minimum Gasteiger partial charge on any atom is -0.282 e. The summed E-state index contributed by atoms with van der Waals surface area (Å²) in [6.07, 6.45) is 70.0. The molecule has 0 spiro atoms. The quantitative estimate of drug-likeness (QED) is 0.0524. The monoisotopic (exact) mass is 859 g/mol. The van der Waals surface area contributed by atoms with Gasteiger partial charge >= 0.3 is 0 Å². The molecule has 0 aliphatic heterocycles. The summed E-state index contributed by atoms with van der Waals surface area (Å²) in [5, 5.41) is 0. The lowest BCUT2D eigenvalue weighted by atomic mass is 10.0. The maximum absolute atomic E-state index is 11.3. The molecule has 4 heteroatoms. The third-order valence-electron chi connectivity index (χ3n) is 13.5. The zero-order valence-corrected chi connectivity index (χ0v) is 41.4. The van der Waals surface area contributed by atoms with Crippen LogP contribution in [0.15, 0.2) is 29.2 Å². The van der Waals surface area contributed by atoms with Gasteiger partial charge in [0.2, 0.25) is 0 Å². The fourth-order valence-electron chi connectivity index (χ4n) is 9.40. The Hall–Kier alpha value is -0.870. The van der Waals surface area contributed by atoms with Crippen molar-refractivity contribution in [3.05, 3.63) is 29.8 Å². The van der Waals surface area contributed by atoms with Gasteiger partial charge in [-0.15, -0.1) is 0 Å². The van der Waals surface area contributed by atoms with Gasteiger partial charge in [-0.05, 0) is 30.5 Å². The minimum atomic E-state index is -4.10. The minimum absolute atomic E-state index is 0.00697. The van der Waals surface area contributed by atoms with Crippen molar-refractivity contribution >= 4 is 10.1 Å². The van der Waals surface area contributed by atoms with Crippen molar-refractivity contribution in [1.82, 2.24) is 0 Å². The largest absolute Gasteiger partial charge is 0.294 e. The number of hydrogen-bond acceptors (Lipinski definition) is 2. The van der Waals surface area contributed by atoms with Crippen LogP contribution in [0.4, 0.5) is 0 Å². The summed E-state index contributed by atoms with van der Waals surface area (Å²) in [7, 11) is -4.10. The van der Waals surface area contributed by atoms with Gasteiger partial charge in [0.25, 0.3) is 10.1 Å². The Morgan fingerprint density at radius 3 is 0.717 bits per heavy atom. The summed E-state index contributed by atoms with van der Waals surface area (Å²) in [5.74, 6) is 0. The van der Waals surface area contributed by atoms with E-state index in [4.69, 9.17) is 0 Å². The number of benzene rings is 1. The van der Waals surface area contributed by atoms with Crippen molar-refractivity contribution in [3.63, 3.8) is 0 Å². The molecule has 0 saturated carbocycles. The van der Waals surface area contributed by atoms with E-state index < -0.39 is 10.1 Å². The van der Waals surface area contributed by atoms with E-state index >= 15 is 0 Å². The van der Waals surface area contributed by atoms with Crippen molar-refractivity contribution in [1.29, 1.82) is 0 Å². The molecule has 0 fully saturated rings. The standard InChI is InChI=1S/C56H106O3S/c1-2-3-4-5-6-7-8-9-10-11-12-13-14-15-16-17-18-19-20-21-22-23-24-25-26-27-28-29-30-31-32-33-34-35-36-37-38-39-40-41-42-43-44-45-46-47-48-49-51-55-52-50-53-56(54-55)60(57,58)59/h50,52-54H,2-49,51H2,1H3,(H,57,58,59). The molecule has 3 nitrogen and oxygen atoms in total. The molecule has 60 heavy (non-hydrogen) atoms. The van der Waals surface area contributed by atoms with Crippen LogP contribution in [0.5, 0.6) is 0 Å². The van der Waals surface area contributed by atoms with E-state index in [2.05, 4.69) is 6.92 Å². The Morgan fingerprint density at radius 2 is 0.517 bits per heavy atom. The fourth-order valence-corrected chi connectivity index (χ4v) is 9.95. The molecule has 0 heterocycles. The number of aryl methyl sites for hydroxylation is 1. The predicted molar refractivity (Wildman–Crippen MR) is 267 cm³/mol. The summed E-state index contributed by atoms with van der Waals surface area (Å²) in [6.45, 7) is 2.31. The molecular formula is C56H106O3S. The van der Waals surface area contributed by atoms with Crippen molar-refractivity contribution in [3.8, 4) is 0 Å². The van der Waals surface area contributed by atoms with Crippen LogP contribution in [-0.4, -0.2) is 13.0 Å². The third kappa shape index (κ3) is 42.4. The molecule has 0 unspecified atom stereocenters. The molecule has 0 atom stereocenters. The van der Waals surface area contributed by atoms with Crippen molar-refractivity contribution < 1.29 is 13.0 Å². The average molecular weight is 860 g/mol. The molecule has 1 aromatic carbocycles. The lowest BCUT2D eigenvalue weighted by Gasteiger charge is -2.05. The highest BCUT2D eigenvalue weighted by Crippen LogP contribution is 2.19. The molecular weight excluding hydrogens is 753 g/mol. The van der Waals surface area contributed by atoms with Crippen molar-refractivity contribution in [2.75, 3.05) is 0 Å². The van der Waals surface area contributed by atoms with Crippen LogP contribution in [0.25, 0.3) is 0 Å². The van der Waals surface area contributed by atoms with Crippen molar-refractivity contribution in [2.45, 2.75) is 326 Å². The zero-order valence-electron chi connectivity index (χ0n) is 40.6. The summed E-state index contributed by atoms with van der Waals surface area (Å²) in [4.78, 5) is 0.00697. The molecule has 1 N–H and O–H groups in total. The van der Waals surface area contributed by atoms with Gasteiger partial charge in [0.15, 0.2) is 0 Å². The smallest absolute Gasteiger partial charge is 0.282 e. The van der Waals surface area contributed by atoms with Gasteiger partial charge in [0, 0.05) is 0 Å². The average Bonchev–Trinajstić information content (AvgIpc) is 3.24. The molecule has 0 aliphatic rings. The first-order chi connectivity index (χ1) is 29.5. The molecule has 354 valence electrons. The van der Waals surface area contributed by atoms with Gasteiger partial charge in [0.1, 0.15) is 0 Å². The highest BCUT2D eigenvalue weighted by atomic mass is 32.2. The summed E-state index contributed by atoms with van der Waals surface area (Å²) >= 11 is 0. The first-order valence-electron chi connectivity index (χ1n) is 27.6. The predicted octanol–water partition coefficient (Wildman–Crippen LogP) is 20.2. The third-order valence-corrected chi connectivity index (χ3v) is 14.4. The van der Waals surface area contributed by atoms with Gasteiger partial charge < -0.3 is 0 Å². The van der Waals surface area contributed by atoms with E-state index in [1.54, 1.807) is 12.1 Å². The molecule has 0 aliphatic carbocycles. The fraction of sp³-hybridized carbons (Fsp3) is 0.893. The number of hydrogen-bond donors (Lipinski definition) is 1. The van der Waals surface area contributed by atoms with E-state index in [0.717, 1.165) is 18.4 Å². The number of unbranched alkanes of at least 4 members (excludes halogenated alkanes) is 47. The highest BCUT2D eigenvalue weighted by molar-refractivity contribution is 7.85. The van der Waals surface area contributed by atoms with Crippen molar-refractivity contribution in [2.24, 2.45) is 0 Å².